The summed E-state index contributed by atoms with van der Waals surface area (Å²) in [7, 11) is 1.57. The number of ether oxygens (including phenoxy) is 3. The Morgan fingerprint density at radius 3 is 2.31 bits per heavy atom. The zero-order valence-electron chi connectivity index (χ0n) is 22.0. The van der Waals surface area contributed by atoms with E-state index in [1.165, 1.54) is 11.3 Å². The fraction of sp³-hybridized carbons (Fsp3) is 0.375. The van der Waals surface area contributed by atoms with Crippen molar-refractivity contribution in [3.05, 3.63) is 95.1 Å². The number of methoxy groups -OCH3 is 1. The molecule has 3 aliphatic rings. The summed E-state index contributed by atoms with van der Waals surface area (Å²) in [6, 6.07) is 21.9. The van der Waals surface area contributed by atoms with Gasteiger partial charge in [0.05, 0.1) is 13.2 Å². The molecular weight excluding hydrogens is 494 g/mol. The van der Waals surface area contributed by atoms with Gasteiger partial charge in [0.25, 0.3) is 5.91 Å². The van der Waals surface area contributed by atoms with Gasteiger partial charge >= 0.3 is 5.97 Å². The number of hydrogen-bond acceptors (Lipinski definition) is 5. The molecule has 4 atom stereocenters. The third kappa shape index (κ3) is 5.23. The van der Waals surface area contributed by atoms with Crippen LogP contribution in [0.2, 0.25) is 0 Å². The van der Waals surface area contributed by atoms with Crippen molar-refractivity contribution in [3.8, 4) is 11.5 Å². The fourth-order valence-corrected chi connectivity index (χ4v) is 6.14. The van der Waals surface area contributed by atoms with Gasteiger partial charge in [-0.25, -0.2) is 4.79 Å². The monoisotopic (exact) mass is 527 g/mol. The maximum atomic E-state index is 14.1. The molecule has 0 aromatic heterocycles. The maximum absolute atomic E-state index is 14.1. The number of carbonyl (C=O) groups excluding carboxylic acids is 1. The molecule has 1 aliphatic heterocycles. The normalized spacial score (nSPS) is 23.9. The molecule has 6 rings (SSSR count). The Balaban J connectivity index is 1.30. The van der Waals surface area contributed by atoms with E-state index in [0.29, 0.717) is 29.9 Å². The van der Waals surface area contributed by atoms with E-state index >= 15 is 0 Å². The van der Waals surface area contributed by atoms with Gasteiger partial charge in [-0.15, -0.1) is 0 Å². The van der Waals surface area contributed by atoms with Crippen LogP contribution in [0.15, 0.2) is 72.8 Å². The van der Waals surface area contributed by atoms with Crippen molar-refractivity contribution in [1.29, 1.82) is 0 Å². The molecule has 7 nitrogen and oxygen atoms in total. The molecule has 202 valence electrons. The lowest BCUT2D eigenvalue weighted by atomic mass is 9.91. The van der Waals surface area contributed by atoms with Crippen LogP contribution in [0.25, 0.3) is 0 Å². The van der Waals surface area contributed by atoms with E-state index in [4.69, 9.17) is 14.2 Å². The van der Waals surface area contributed by atoms with Crippen LogP contribution < -0.4 is 9.47 Å². The Morgan fingerprint density at radius 1 is 0.949 bits per heavy atom. The van der Waals surface area contributed by atoms with Crippen molar-refractivity contribution in [1.82, 2.24) is 4.90 Å². The molecule has 7 heteroatoms. The van der Waals surface area contributed by atoms with Gasteiger partial charge in [-0.1, -0.05) is 66.7 Å². The fourth-order valence-electron chi connectivity index (χ4n) is 6.14. The average Bonchev–Trinajstić information content (AvgIpc) is 3.59. The molecule has 1 N–H and O–H groups in total. The molecule has 2 unspecified atom stereocenters. The summed E-state index contributed by atoms with van der Waals surface area (Å²) in [5.41, 5.74) is 3.35. The molecule has 2 fully saturated rings. The largest absolute Gasteiger partial charge is 0.493 e. The van der Waals surface area contributed by atoms with E-state index in [1.54, 1.807) is 7.11 Å². The van der Waals surface area contributed by atoms with E-state index in [1.807, 2.05) is 72.8 Å². The zero-order chi connectivity index (χ0) is 26.9. The lowest BCUT2D eigenvalue weighted by Gasteiger charge is -2.38. The van der Waals surface area contributed by atoms with Crippen molar-refractivity contribution >= 4 is 11.9 Å². The molecule has 1 amide bonds. The van der Waals surface area contributed by atoms with Crippen LogP contribution in [-0.2, 0) is 33.9 Å². The first-order valence-electron chi connectivity index (χ1n) is 13.6. The van der Waals surface area contributed by atoms with Gasteiger partial charge in [0.15, 0.2) is 17.6 Å². The van der Waals surface area contributed by atoms with E-state index in [-0.39, 0.29) is 25.0 Å². The molecule has 0 spiro atoms. The third-order valence-electron chi connectivity index (χ3n) is 8.31. The summed E-state index contributed by atoms with van der Waals surface area (Å²) in [6.45, 7) is 0.473. The quantitative estimate of drug-likeness (QED) is 0.413. The number of benzene rings is 3. The SMILES string of the molecule is COc1ccc2c(c1OCc1ccccc1)C[C@@H](C(=O)O)N(C(=O)[C@@H](OC1CC3CC3C1)c1ccccc1)C2. The second-order valence-electron chi connectivity index (χ2n) is 10.8. The van der Waals surface area contributed by atoms with Gasteiger partial charge in [0.2, 0.25) is 0 Å². The molecule has 2 saturated carbocycles. The van der Waals surface area contributed by atoms with Crippen LogP contribution in [-0.4, -0.2) is 41.1 Å². The molecule has 0 bridgehead atoms. The highest BCUT2D eigenvalue weighted by atomic mass is 16.5. The van der Waals surface area contributed by atoms with Gasteiger partial charge in [-0.3, -0.25) is 4.79 Å². The molecule has 3 aromatic rings. The molecule has 39 heavy (non-hydrogen) atoms. The Kier molecular flexibility index (Phi) is 7.00. The van der Waals surface area contributed by atoms with Crippen LogP contribution >= 0.6 is 0 Å². The Bertz CT molecular complexity index is 1330. The summed E-state index contributed by atoms with van der Waals surface area (Å²) in [5.74, 6) is 1.11. The highest BCUT2D eigenvalue weighted by molar-refractivity contribution is 5.88. The first-order chi connectivity index (χ1) is 19.0. The molecule has 2 aliphatic carbocycles. The number of amides is 1. The minimum atomic E-state index is -1.06. The van der Waals surface area contributed by atoms with Crippen molar-refractivity contribution in [3.63, 3.8) is 0 Å². The lowest BCUT2D eigenvalue weighted by Crippen LogP contribution is -2.50. The third-order valence-corrected chi connectivity index (χ3v) is 8.31. The minimum absolute atomic E-state index is 0.0190. The van der Waals surface area contributed by atoms with E-state index in [2.05, 4.69) is 0 Å². The summed E-state index contributed by atoms with van der Waals surface area (Å²) in [4.78, 5) is 28.1. The second kappa shape index (κ2) is 10.7. The Hall–Kier alpha value is -3.84. The lowest BCUT2D eigenvalue weighted by molar-refractivity contribution is -0.160. The zero-order valence-corrected chi connectivity index (χ0v) is 22.0. The number of fused-ring (bicyclic) bond motifs is 2. The number of carboxylic acid groups (broad SMARTS) is 1. The van der Waals surface area contributed by atoms with E-state index in [0.717, 1.165) is 35.1 Å². The highest BCUT2D eigenvalue weighted by Gasteiger charge is 2.48. The van der Waals surface area contributed by atoms with E-state index < -0.39 is 18.1 Å². The number of rotatable bonds is 9. The highest BCUT2D eigenvalue weighted by Crippen LogP contribution is 2.53. The summed E-state index contributed by atoms with van der Waals surface area (Å²) >= 11 is 0. The predicted octanol–water partition coefficient (Wildman–Crippen LogP) is 5.17. The standard InChI is InChI=1S/C32H33NO6/c1-37-28-13-12-22-18-33(27(32(35)36)17-26(22)30(28)38-19-20-8-4-2-5-9-20)31(34)29(21-10-6-3-7-11-21)39-25-15-23-14-24(23)16-25/h2-13,23-25,27,29H,14-19H2,1H3,(H,35,36)/t23?,24?,25?,27-,29-/m0/s1. The maximum Gasteiger partial charge on any atom is 0.326 e. The van der Waals surface area contributed by atoms with Crippen molar-refractivity contribution in [2.24, 2.45) is 11.8 Å². The summed E-state index contributed by atoms with van der Waals surface area (Å²) in [5, 5.41) is 10.3. The molecule has 3 aromatic carbocycles. The number of carbonyl (C=O) groups is 2. The van der Waals surface area contributed by atoms with Crippen LogP contribution in [0.4, 0.5) is 0 Å². The number of nitrogens with zero attached hydrogens (tertiary/aromatic N) is 1. The van der Waals surface area contributed by atoms with Crippen LogP contribution in [0.1, 0.15) is 47.6 Å². The molecule has 1 heterocycles. The van der Waals surface area contributed by atoms with Crippen molar-refractivity contribution < 1.29 is 28.9 Å². The average molecular weight is 528 g/mol. The second-order valence-corrected chi connectivity index (χ2v) is 10.8. The van der Waals surface area contributed by atoms with Gasteiger partial charge < -0.3 is 24.2 Å². The van der Waals surface area contributed by atoms with Crippen LogP contribution in [0.5, 0.6) is 11.5 Å². The molecule has 0 saturated heterocycles. The smallest absolute Gasteiger partial charge is 0.326 e. The van der Waals surface area contributed by atoms with Gasteiger partial charge in [-0.05, 0) is 53.9 Å². The Morgan fingerprint density at radius 2 is 1.64 bits per heavy atom. The first-order valence-corrected chi connectivity index (χ1v) is 13.6. The van der Waals surface area contributed by atoms with Gasteiger partial charge in [-0.2, -0.15) is 0 Å². The van der Waals surface area contributed by atoms with Crippen LogP contribution in [0.3, 0.4) is 0 Å². The number of hydrogen-bond donors (Lipinski definition) is 1. The number of aliphatic carboxylic acids is 1. The first kappa shape index (κ1) is 25.4. The number of carboxylic acids is 1. The topological polar surface area (TPSA) is 85.3 Å². The Labute approximate surface area is 228 Å². The van der Waals surface area contributed by atoms with Gasteiger partial charge in [0, 0.05) is 18.5 Å². The summed E-state index contributed by atoms with van der Waals surface area (Å²) < 4.78 is 18.2. The van der Waals surface area contributed by atoms with Crippen molar-refractivity contribution in [2.75, 3.05) is 7.11 Å². The van der Waals surface area contributed by atoms with Gasteiger partial charge in [0.1, 0.15) is 12.6 Å². The van der Waals surface area contributed by atoms with Crippen molar-refractivity contribution in [2.45, 2.75) is 57.1 Å². The predicted molar refractivity (Wildman–Crippen MR) is 144 cm³/mol. The van der Waals surface area contributed by atoms with E-state index in [9.17, 15) is 14.7 Å². The molecular formula is C32H33NO6. The van der Waals surface area contributed by atoms with Crippen LogP contribution in [0, 0.1) is 11.8 Å². The minimum Gasteiger partial charge on any atom is -0.493 e. The molecule has 0 radical (unpaired) electrons. The summed E-state index contributed by atoms with van der Waals surface area (Å²) in [6.07, 6.45) is 2.48.